The summed E-state index contributed by atoms with van der Waals surface area (Å²) in [4.78, 5) is 49.3. The number of thioether (sulfide) groups is 1. The van der Waals surface area contributed by atoms with Gasteiger partial charge in [-0.05, 0) is 36.4 Å². The molecule has 2 aromatic rings. The fourth-order valence-corrected chi connectivity index (χ4v) is 4.22. The number of imide groups is 1. The number of hydrogen-bond acceptors (Lipinski definition) is 9. The Morgan fingerprint density at radius 1 is 1.14 bits per heavy atom. The average molecular weight is 499 g/mol. The highest BCUT2D eigenvalue weighted by atomic mass is 32.2. The van der Waals surface area contributed by atoms with E-state index in [-0.39, 0.29) is 10.9 Å². The second-order valence-electron chi connectivity index (χ2n) is 7.75. The number of nitrogens with zero attached hydrogens (tertiary/aromatic N) is 4. The van der Waals surface area contributed by atoms with E-state index in [0.717, 1.165) is 23.9 Å². The molecule has 2 aliphatic heterocycles. The van der Waals surface area contributed by atoms with E-state index in [1.807, 2.05) is 35.2 Å². The quantitative estimate of drug-likeness (QED) is 0.437. The molecular weight excluding hydrogens is 472 g/mol. The minimum absolute atomic E-state index is 0.157. The van der Waals surface area contributed by atoms with Crippen molar-refractivity contribution >= 4 is 46.7 Å². The molecular formula is C23H26N6O5S. The van der Waals surface area contributed by atoms with Crippen molar-refractivity contribution in [2.75, 3.05) is 56.7 Å². The van der Waals surface area contributed by atoms with Gasteiger partial charge < -0.3 is 24.6 Å². The number of aromatic nitrogens is 2. The third kappa shape index (κ3) is 6.70. The molecule has 184 valence electrons. The zero-order valence-corrected chi connectivity index (χ0v) is 20.0. The molecule has 0 atom stereocenters. The molecule has 2 fully saturated rings. The lowest BCUT2D eigenvalue weighted by molar-refractivity contribution is -0.115. The Labute approximate surface area is 206 Å². The first kappa shape index (κ1) is 24.5. The molecule has 4 rings (SSSR count). The van der Waals surface area contributed by atoms with E-state index in [2.05, 4.69) is 20.6 Å². The van der Waals surface area contributed by atoms with Crippen LogP contribution in [0.15, 0.2) is 41.3 Å². The van der Waals surface area contributed by atoms with Gasteiger partial charge in [-0.2, -0.15) is 4.98 Å². The van der Waals surface area contributed by atoms with E-state index in [1.54, 1.807) is 18.1 Å². The van der Waals surface area contributed by atoms with Crippen molar-refractivity contribution in [1.29, 1.82) is 0 Å². The summed E-state index contributed by atoms with van der Waals surface area (Å²) in [6, 6.07) is 10.8. The normalized spacial score (nSPS) is 17.3. The number of carbonyl (C=O) groups is 3. The summed E-state index contributed by atoms with van der Waals surface area (Å²) in [5.41, 5.74) is 1.19. The summed E-state index contributed by atoms with van der Waals surface area (Å²) in [5.74, 6) is 0.292. The zero-order chi connectivity index (χ0) is 24.6. The Morgan fingerprint density at radius 3 is 2.71 bits per heavy atom. The average Bonchev–Trinajstić information content (AvgIpc) is 3.02. The van der Waals surface area contributed by atoms with Gasteiger partial charge >= 0.3 is 6.03 Å². The van der Waals surface area contributed by atoms with Gasteiger partial charge in [0, 0.05) is 45.0 Å². The number of para-hydroxylation sites is 1. The number of ether oxygens (including phenoxy) is 2. The molecule has 2 saturated heterocycles. The van der Waals surface area contributed by atoms with E-state index < -0.39 is 11.1 Å². The largest absolute Gasteiger partial charge is 0.475 e. The molecule has 0 spiro atoms. The smallest absolute Gasteiger partial charge is 0.321 e. The van der Waals surface area contributed by atoms with Crippen molar-refractivity contribution in [3.8, 4) is 5.88 Å². The van der Waals surface area contributed by atoms with E-state index >= 15 is 0 Å². The van der Waals surface area contributed by atoms with Crippen molar-refractivity contribution in [1.82, 2.24) is 20.2 Å². The molecule has 0 bridgehead atoms. The monoisotopic (exact) mass is 498 g/mol. The zero-order valence-electron chi connectivity index (χ0n) is 19.2. The molecule has 4 amide bonds. The summed E-state index contributed by atoms with van der Waals surface area (Å²) in [6.45, 7) is 2.92. The van der Waals surface area contributed by atoms with Crippen LogP contribution in [-0.2, 0) is 9.53 Å². The Bertz CT molecular complexity index is 1110. The van der Waals surface area contributed by atoms with Gasteiger partial charge in [-0.1, -0.05) is 18.2 Å². The van der Waals surface area contributed by atoms with Crippen LogP contribution in [-0.4, -0.2) is 78.5 Å². The van der Waals surface area contributed by atoms with E-state index in [1.165, 1.54) is 6.08 Å². The summed E-state index contributed by atoms with van der Waals surface area (Å²) in [5, 5.41) is 4.73. The number of nitrogens with one attached hydrogen (secondary N) is 2. The van der Waals surface area contributed by atoms with Crippen molar-refractivity contribution in [3.63, 3.8) is 0 Å². The molecule has 1 aromatic heterocycles. The molecule has 11 nitrogen and oxygen atoms in total. The number of urea groups is 1. The Hall–Kier alpha value is -3.64. The summed E-state index contributed by atoms with van der Waals surface area (Å²) < 4.78 is 10.7. The van der Waals surface area contributed by atoms with E-state index in [0.29, 0.717) is 56.9 Å². The van der Waals surface area contributed by atoms with Gasteiger partial charge in [0.1, 0.15) is 6.61 Å². The van der Waals surface area contributed by atoms with E-state index in [4.69, 9.17) is 9.47 Å². The third-order valence-corrected chi connectivity index (χ3v) is 6.07. The van der Waals surface area contributed by atoms with Gasteiger partial charge in [0.25, 0.3) is 11.1 Å². The highest BCUT2D eigenvalue weighted by molar-refractivity contribution is 8.18. The van der Waals surface area contributed by atoms with Gasteiger partial charge in [-0.15, -0.1) is 0 Å². The molecule has 35 heavy (non-hydrogen) atoms. The van der Waals surface area contributed by atoms with Gasteiger partial charge in [-0.25, -0.2) is 9.78 Å². The molecule has 0 aliphatic carbocycles. The fourth-order valence-electron chi connectivity index (χ4n) is 3.55. The number of methoxy groups -OCH3 is 1. The predicted octanol–water partition coefficient (Wildman–Crippen LogP) is 2.57. The molecule has 0 saturated carbocycles. The minimum atomic E-state index is -0.461. The molecule has 12 heteroatoms. The SMILES string of the molecule is COCCOc1cc(/C=C2\SC(=O)NC2=O)nc(N2CCCN(C(=O)Nc3ccccc3)CC2)n1. The van der Waals surface area contributed by atoms with Crippen LogP contribution in [0.2, 0.25) is 0 Å². The maximum Gasteiger partial charge on any atom is 0.321 e. The lowest BCUT2D eigenvalue weighted by Crippen LogP contribution is -2.38. The van der Waals surface area contributed by atoms with Crippen molar-refractivity contribution in [3.05, 3.63) is 47.0 Å². The van der Waals surface area contributed by atoms with Crippen LogP contribution in [0, 0.1) is 0 Å². The maximum absolute atomic E-state index is 12.7. The number of benzene rings is 1. The van der Waals surface area contributed by atoms with Gasteiger partial charge in [0.2, 0.25) is 11.8 Å². The van der Waals surface area contributed by atoms with Crippen molar-refractivity contribution < 1.29 is 23.9 Å². The van der Waals surface area contributed by atoms with Crippen LogP contribution in [0.4, 0.5) is 21.2 Å². The molecule has 0 unspecified atom stereocenters. The first-order chi connectivity index (χ1) is 17.0. The lowest BCUT2D eigenvalue weighted by Gasteiger charge is -2.23. The Balaban J connectivity index is 1.49. The molecule has 3 heterocycles. The summed E-state index contributed by atoms with van der Waals surface area (Å²) in [7, 11) is 1.58. The van der Waals surface area contributed by atoms with Crippen LogP contribution in [0.1, 0.15) is 12.1 Å². The summed E-state index contributed by atoms with van der Waals surface area (Å²) in [6.07, 6.45) is 2.26. The number of rotatable bonds is 7. The molecule has 0 radical (unpaired) electrons. The standard InChI is InChI=1S/C23H26N6O5S/c1-33-12-13-34-19-15-17(14-18-20(30)27-23(32)35-18)24-21(26-19)28-8-5-9-29(11-10-28)22(31)25-16-6-3-2-4-7-16/h2-4,6-7,14-15H,5,8-13H2,1H3,(H,25,31)(H,27,30,32)/b18-14-. The summed E-state index contributed by atoms with van der Waals surface area (Å²) >= 11 is 0.820. The van der Waals surface area contributed by atoms with Crippen LogP contribution >= 0.6 is 11.8 Å². The minimum Gasteiger partial charge on any atom is -0.475 e. The van der Waals surface area contributed by atoms with Gasteiger partial charge in [-0.3, -0.25) is 14.9 Å². The van der Waals surface area contributed by atoms with Gasteiger partial charge in [0.05, 0.1) is 17.2 Å². The van der Waals surface area contributed by atoms with Crippen LogP contribution < -0.4 is 20.3 Å². The second-order valence-corrected chi connectivity index (χ2v) is 8.76. The molecule has 2 N–H and O–H groups in total. The highest BCUT2D eigenvalue weighted by Crippen LogP contribution is 2.27. The number of amides is 4. The van der Waals surface area contributed by atoms with Crippen LogP contribution in [0.5, 0.6) is 5.88 Å². The second kappa shape index (κ2) is 11.7. The predicted molar refractivity (Wildman–Crippen MR) is 132 cm³/mol. The van der Waals surface area contributed by atoms with Gasteiger partial charge in [0.15, 0.2) is 0 Å². The third-order valence-electron chi connectivity index (χ3n) is 5.26. The number of hydrogen-bond donors (Lipinski definition) is 2. The fraction of sp³-hybridized carbons (Fsp3) is 0.348. The first-order valence-corrected chi connectivity index (χ1v) is 11.9. The Kier molecular flexibility index (Phi) is 8.16. The maximum atomic E-state index is 12.7. The van der Waals surface area contributed by atoms with Crippen LogP contribution in [0.3, 0.4) is 0 Å². The van der Waals surface area contributed by atoms with E-state index in [9.17, 15) is 14.4 Å². The van der Waals surface area contributed by atoms with Crippen molar-refractivity contribution in [2.45, 2.75) is 6.42 Å². The first-order valence-electron chi connectivity index (χ1n) is 11.1. The Morgan fingerprint density at radius 2 is 1.97 bits per heavy atom. The molecule has 2 aliphatic rings. The number of anilines is 2. The topological polar surface area (TPSA) is 126 Å². The van der Waals surface area contributed by atoms with Crippen LogP contribution in [0.25, 0.3) is 6.08 Å². The lowest BCUT2D eigenvalue weighted by atomic mass is 10.3. The van der Waals surface area contributed by atoms with Crippen molar-refractivity contribution in [2.24, 2.45) is 0 Å². The highest BCUT2D eigenvalue weighted by Gasteiger charge is 2.26. The number of carbonyl (C=O) groups excluding carboxylic acids is 3. The molecule has 1 aromatic carbocycles.